The Bertz CT molecular complexity index is 1060. The normalized spacial score (nSPS) is 17.7. The van der Waals surface area contributed by atoms with E-state index in [4.69, 9.17) is 9.47 Å². The largest absolute Gasteiger partial charge is 0.457 e. The Morgan fingerprint density at radius 2 is 1.70 bits per heavy atom. The van der Waals surface area contributed by atoms with Crippen molar-refractivity contribution < 1.29 is 22.7 Å². The van der Waals surface area contributed by atoms with Crippen molar-refractivity contribution in [3.8, 4) is 0 Å². The summed E-state index contributed by atoms with van der Waals surface area (Å²) in [5.74, 6) is -0.527. The summed E-state index contributed by atoms with van der Waals surface area (Å²) >= 11 is 1.65. The zero-order valence-corrected chi connectivity index (χ0v) is 20.5. The molecule has 0 bridgehead atoms. The van der Waals surface area contributed by atoms with E-state index in [2.05, 4.69) is 0 Å². The quantitative estimate of drug-likeness (QED) is 0.432. The summed E-state index contributed by atoms with van der Waals surface area (Å²) in [7, 11) is -3.66. The van der Waals surface area contributed by atoms with Crippen molar-refractivity contribution in [1.82, 2.24) is 4.31 Å². The van der Waals surface area contributed by atoms with Gasteiger partial charge >= 0.3 is 5.97 Å². The van der Waals surface area contributed by atoms with E-state index in [1.165, 1.54) is 10.4 Å². The predicted molar refractivity (Wildman–Crippen MR) is 129 cm³/mol. The maximum Gasteiger partial charge on any atom is 0.340 e. The number of thioether (sulfide) groups is 1. The molecular formula is C24H30N2O5S2. The first kappa shape index (κ1) is 24.1. The molecule has 2 aromatic rings. The second kappa shape index (κ2) is 10.9. The molecule has 2 aliphatic rings. The molecule has 0 spiro atoms. The molecule has 2 fully saturated rings. The molecule has 2 aliphatic heterocycles. The van der Waals surface area contributed by atoms with Crippen molar-refractivity contribution in [2.24, 2.45) is 0 Å². The predicted octanol–water partition coefficient (Wildman–Crippen LogP) is 3.78. The molecule has 0 aliphatic carbocycles. The fourth-order valence-electron chi connectivity index (χ4n) is 4.12. The van der Waals surface area contributed by atoms with Crippen molar-refractivity contribution in [3.05, 3.63) is 53.6 Å². The summed E-state index contributed by atoms with van der Waals surface area (Å²) in [5, 5.41) is 0. The van der Waals surface area contributed by atoms with Crippen molar-refractivity contribution in [2.45, 2.75) is 35.7 Å². The highest BCUT2D eigenvalue weighted by molar-refractivity contribution is 7.98. The van der Waals surface area contributed by atoms with Crippen LogP contribution in [-0.4, -0.2) is 64.3 Å². The van der Waals surface area contributed by atoms with E-state index < -0.39 is 16.0 Å². The van der Waals surface area contributed by atoms with Gasteiger partial charge in [0, 0.05) is 31.1 Å². The minimum absolute atomic E-state index is 0.124. The van der Waals surface area contributed by atoms with E-state index in [1.54, 1.807) is 23.9 Å². The van der Waals surface area contributed by atoms with E-state index in [9.17, 15) is 13.2 Å². The number of piperidine rings is 1. The van der Waals surface area contributed by atoms with Gasteiger partial charge in [-0.15, -0.1) is 11.8 Å². The maximum atomic E-state index is 13.2. The molecule has 4 rings (SSSR count). The van der Waals surface area contributed by atoms with E-state index >= 15 is 0 Å². The first-order valence-corrected chi connectivity index (χ1v) is 13.9. The fraction of sp³-hybridized carbons (Fsp3) is 0.458. The van der Waals surface area contributed by atoms with Crippen LogP contribution in [0.15, 0.2) is 52.3 Å². The van der Waals surface area contributed by atoms with Gasteiger partial charge in [-0.1, -0.05) is 18.6 Å². The van der Waals surface area contributed by atoms with Gasteiger partial charge in [-0.3, -0.25) is 0 Å². The van der Waals surface area contributed by atoms with Crippen LogP contribution in [0.2, 0.25) is 0 Å². The average Bonchev–Trinajstić information content (AvgIpc) is 2.88. The molecule has 7 nitrogen and oxygen atoms in total. The third kappa shape index (κ3) is 5.71. The first-order valence-electron chi connectivity index (χ1n) is 11.3. The molecular weight excluding hydrogens is 460 g/mol. The minimum Gasteiger partial charge on any atom is -0.457 e. The van der Waals surface area contributed by atoms with Crippen LogP contribution in [0, 0.1) is 0 Å². The van der Waals surface area contributed by atoms with E-state index in [0.29, 0.717) is 45.1 Å². The minimum atomic E-state index is -3.66. The average molecular weight is 491 g/mol. The van der Waals surface area contributed by atoms with E-state index in [-0.39, 0.29) is 17.1 Å². The van der Waals surface area contributed by atoms with Crippen molar-refractivity contribution >= 4 is 33.4 Å². The lowest BCUT2D eigenvalue weighted by atomic mass is 10.1. The molecule has 0 N–H and O–H groups in total. The number of ether oxygens (including phenoxy) is 2. The number of hydrogen-bond acceptors (Lipinski definition) is 7. The van der Waals surface area contributed by atoms with Crippen LogP contribution in [0.4, 0.5) is 5.69 Å². The smallest absolute Gasteiger partial charge is 0.340 e. The van der Waals surface area contributed by atoms with Gasteiger partial charge < -0.3 is 14.4 Å². The Morgan fingerprint density at radius 3 is 2.36 bits per heavy atom. The molecule has 0 unspecified atom stereocenters. The van der Waals surface area contributed by atoms with Crippen molar-refractivity contribution in [2.75, 3.05) is 50.5 Å². The summed E-state index contributed by atoms with van der Waals surface area (Å²) in [5.41, 5.74) is 1.83. The summed E-state index contributed by atoms with van der Waals surface area (Å²) in [6.45, 7) is 3.54. The summed E-state index contributed by atoms with van der Waals surface area (Å²) in [6.07, 6.45) is 4.76. The summed E-state index contributed by atoms with van der Waals surface area (Å²) in [4.78, 5) is 16.5. The van der Waals surface area contributed by atoms with Gasteiger partial charge in [0.15, 0.2) is 0 Å². The van der Waals surface area contributed by atoms with Gasteiger partial charge in [-0.05, 0) is 55.0 Å². The molecule has 0 saturated carbocycles. The van der Waals surface area contributed by atoms with Gasteiger partial charge in [-0.2, -0.15) is 4.31 Å². The van der Waals surface area contributed by atoms with Crippen LogP contribution in [0.3, 0.4) is 0 Å². The summed E-state index contributed by atoms with van der Waals surface area (Å²) in [6, 6.07) is 12.6. The van der Waals surface area contributed by atoms with Gasteiger partial charge in [0.2, 0.25) is 10.0 Å². The zero-order chi connectivity index (χ0) is 23.3. The molecule has 0 atom stereocenters. The number of anilines is 1. The van der Waals surface area contributed by atoms with Crippen molar-refractivity contribution in [3.63, 3.8) is 0 Å². The number of rotatable bonds is 7. The van der Waals surface area contributed by atoms with Crippen LogP contribution in [0.5, 0.6) is 0 Å². The highest BCUT2D eigenvalue weighted by Gasteiger charge is 2.29. The molecule has 2 saturated heterocycles. The van der Waals surface area contributed by atoms with Crippen LogP contribution in [-0.2, 0) is 26.1 Å². The Morgan fingerprint density at radius 1 is 1.00 bits per heavy atom. The molecule has 0 radical (unpaired) electrons. The number of carbonyl (C=O) groups excluding carboxylic acids is 1. The standard InChI is InChI=1S/C24H30N2O5S2/c1-32-20-7-5-19(6-8-20)18-31-24(27)22-17-21(33(28,29)26-11-3-2-4-12-26)9-10-23(22)25-13-15-30-16-14-25/h5-10,17H,2-4,11-16,18H2,1H3. The third-order valence-corrected chi connectivity index (χ3v) is 8.66. The lowest BCUT2D eigenvalue weighted by Crippen LogP contribution is -2.38. The van der Waals surface area contributed by atoms with Crippen molar-refractivity contribution in [1.29, 1.82) is 0 Å². The number of benzene rings is 2. The number of hydrogen-bond donors (Lipinski definition) is 0. The number of sulfonamides is 1. The second-order valence-corrected chi connectivity index (χ2v) is 11.0. The Kier molecular flexibility index (Phi) is 7.95. The number of morpholine rings is 1. The van der Waals surface area contributed by atoms with Crippen LogP contribution < -0.4 is 4.90 Å². The molecule has 9 heteroatoms. The topological polar surface area (TPSA) is 76.2 Å². The third-order valence-electron chi connectivity index (χ3n) is 6.02. The van der Waals surface area contributed by atoms with Gasteiger partial charge in [0.25, 0.3) is 0 Å². The Hall–Kier alpha value is -2.07. The molecule has 2 aromatic carbocycles. The SMILES string of the molecule is CSc1ccc(COC(=O)c2cc(S(=O)(=O)N3CCCCC3)ccc2N2CCOCC2)cc1. The Labute approximate surface area is 200 Å². The number of nitrogens with zero attached hydrogens (tertiary/aromatic N) is 2. The molecule has 178 valence electrons. The monoisotopic (exact) mass is 490 g/mol. The van der Waals surface area contributed by atoms with Crippen LogP contribution in [0.25, 0.3) is 0 Å². The lowest BCUT2D eigenvalue weighted by Gasteiger charge is -2.31. The molecule has 0 aromatic heterocycles. The summed E-state index contributed by atoms with van der Waals surface area (Å²) < 4.78 is 39.0. The van der Waals surface area contributed by atoms with Gasteiger partial charge in [0.05, 0.1) is 29.4 Å². The number of carbonyl (C=O) groups is 1. The zero-order valence-electron chi connectivity index (χ0n) is 18.9. The maximum absolute atomic E-state index is 13.2. The second-order valence-electron chi connectivity index (χ2n) is 8.17. The fourth-order valence-corrected chi connectivity index (χ4v) is 6.07. The van der Waals surface area contributed by atoms with Crippen LogP contribution in [0.1, 0.15) is 35.2 Å². The van der Waals surface area contributed by atoms with E-state index in [1.807, 2.05) is 35.4 Å². The van der Waals surface area contributed by atoms with Gasteiger partial charge in [-0.25, -0.2) is 13.2 Å². The van der Waals surface area contributed by atoms with E-state index in [0.717, 1.165) is 29.7 Å². The lowest BCUT2D eigenvalue weighted by molar-refractivity contribution is 0.0472. The highest BCUT2D eigenvalue weighted by Crippen LogP contribution is 2.29. The molecule has 2 heterocycles. The Balaban J connectivity index is 1.60. The van der Waals surface area contributed by atoms with Crippen LogP contribution >= 0.6 is 11.8 Å². The first-order chi connectivity index (χ1) is 16.0. The van der Waals surface area contributed by atoms with Gasteiger partial charge in [0.1, 0.15) is 6.61 Å². The molecule has 0 amide bonds. The number of esters is 1. The highest BCUT2D eigenvalue weighted by atomic mass is 32.2. The molecule has 33 heavy (non-hydrogen) atoms.